The van der Waals surface area contributed by atoms with Gasteiger partial charge in [0.15, 0.2) is 0 Å². The number of benzene rings is 1. The lowest BCUT2D eigenvalue weighted by Crippen LogP contribution is -2.41. The van der Waals surface area contributed by atoms with Crippen LogP contribution in [0.1, 0.15) is 25.8 Å². The zero-order chi connectivity index (χ0) is 14.5. The number of hydrogen-bond acceptors (Lipinski definition) is 4. The summed E-state index contributed by atoms with van der Waals surface area (Å²) in [6, 6.07) is 7.45. The van der Waals surface area contributed by atoms with E-state index in [9.17, 15) is 9.90 Å². The molecule has 0 aliphatic carbocycles. The molecule has 0 spiro atoms. The number of carbonyl (C=O) groups is 1. The van der Waals surface area contributed by atoms with Crippen LogP contribution in [0.15, 0.2) is 24.3 Å². The van der Waals surface area contributed by atoms with Crippen molar-refractivity contribution < 1.29 is 19.4 Å². The molecule has 0 saturated carbocycles. The van der Waals surface area contributed by atoms with E-state index in [1.54, 1.807) is 14.0 Å². The van der Waals surface area contributed by atoms with Gasteiger partial charge in [0.1, 0.15) is 5.75 Å². The van der Waals surface area contributed by atoms with Gasteiger partial charge in [-0.2, -0.15) is 0 Å². The first-order valence-corrected chi connectivity index (χ1v) is 6.37. The van der Waals surface area contributed by atoms with Gasteiger partial charge in [-0.25, -0.2) is 0 Å². The van der Waals surface area contributed by atoms with E-state index in [0.717, 1.165) is 11.3 Å². The van der Waals surface area contributed by atoms with E-state index in [0.29, 0.717) is 12.8 Å². The lowest BCUT2D eigenvalue weighted by Gasteiger charge is -2.30. The van der Waals surface area contributed by atoms with Gasteiger partial charge >= 0.3 is 5.97 Å². The van der Waals surface area contributed by atoms with Crippen molar-refractivity contribution in [3.63, 3.8) is 0 Å². The van der Waals surface area contributed by atoms with Gasteiger partial charge in [0.05, 0.1) is 25.7 Å². The lowest BCUT2D eigenvalue weighted by atomic mass is 9.82. The molecule has 0 fully saturated rings. The van der Waals surface area contributed by atoms with Gasteiger partial charge in [-0.1, -0.05) is 19.1 Å². The first kappa shape index (κ1) is 15.5. The van der Waals surface area contributed by atoms with Crippen molar-refractivity contribution >= 4 is 5.97 Å². The van der Waals surface area contributed by atoms with Crippen LogP contribution >= 0.6 is 0 Å². The average molecular weight is 266 g/mol. The summed E-state index contributed by atoms with van der Waals surface area (Å²) in [4.78, 5) is 11.7. The number of rotatable bonds is 6. The van der Waals surface area contributed by atoms with Gasteiger partial charge in [-0.05, 0) is 31.0 Å². The molecule has 0 aromatic heterocycles. The Labute approximate surface area is 114 Å². The molecule has 4 nitrogen and oxygen atoms in total. The first-order chi connectivity index (χ1) is 8.94. The zero-order valence-electron chi connectivity index (χ0n) is 12.0. The fourth-order valence-corrected chi connectivity index (χ4v) is 2.28. The molecule has 0 aliphatic heterocycles. The van der Waals surface area contributed by atoms with Crippen molar-refractivity contribution in [2.45, 2.75) is 32.3 Å². The van der Waals surface area contributed by atoms with E-state index in [4.69, 9.17) is 9.47 Å². The number of hydrogen-bond donors (Lipinski definition) is 1. The molecule has 0 aliphatic rings. The molecule has 4 heteroatoms. The van der Waals surface area contributed by atoms with Crippen LogP contribution in [-0.4, -0.2) is 30.9 Å². The highest BCUT2D eigenvalue weighted by Crippen LogP contribution is 2.27. The van der Waals surface area contributed by atoms with E-state index in [1.165, 1.54) is 7.11 Å². The largest absolute Gasteiger partial charge is 0.497 e. The summed E-state index contributed by atoms with van der Waals surface area (Å²) in [5, 5.41) is 10.5. The highest BCUT2D eigenvalue weighted by molar-refractivity contribution is 5.73. The predicted molar refractivity (Wildman–Crippen MR) is 73.1 cm³/mol. The molecule has 0 amide bonds. The fraction of sp³-hybridized carbons (Fsp3) is 0.533. The summed E-state index contributed by atoms with van der Waals surface area (Å²) in [6.45, 7) is 3.53. The van der Waals surface area contributed by atoms with E-state index in [2.05, 4.69) is 0 Å². The molecule has 0 bridgehead atoms. The Morgan fingerprint density at radius 3 is 2.32 bits per heavy atom. The first-order valence-electron chi connectivity index (χ1n) is 6.37. The minimum atomic E-state index is -1.13. The van der Waals surface area contributed by atoms with Crippen LogP contribution in [0.5, 0.6) is 5.75 Å². The molecule has 0 radical (unpaired) electrons. The maximum atomic E-state index is 11.7. The van der Waals surface area contributed by atoms with Crippen LogP contribution in [-0.2, 0) is 16.0 Å². The molecule has 1 aromatic rings. The van der Waals surface area contributed by atoms with Gasteiger partial charge < -0.3 is 14.6 Å². The van der Waals surface area contributed by atoms with Crippen LogP contribution < -0.4 is 4.74 Å². The van der Waals surface area contributed by atoms with Crippen molar-refractivity contribution in [3.05, 3.63) is 29.8 Å². The Morgan fingerprint density at radius 2 is 1.89 bits per heavy atom. The highest BCUT2D eigenvalue weighted by Gasteiger charge is 2.36. The highest BCUT2D eigenvalue weighted by atomic mass is 16.5. The van der Waals surface area contributed by atoms with Crippen LogP contribution in [0.4, 0.5) is 0 Å². The Hall–Kier alpha value is -1.55. The molecule has 2 unspecified atom stereocenters. The Morgan fingerprint density at radius 1 is 1.32 bits per heavy atom. The predicted octanol–water partition coefficient (Wildman–Crippen LogP) is 2.19. The van der Waals surface area contributed by atoms with Crippen molar-refractivity contribution in [1.82, 2.24) is 0 Å². The normalized spacial score (nSPS) is 15.4. The van der Waals surface area contributed by atoms with E-state index < -0.39 is 11.5 Å². The Balaban J connectivity index is 2.84. The van der Waals surface area contributed by atoms with E-state index in [-0.39, 0.29) is 5.97 Å². The third-order valence-corrected chi connectivity index (χ3v) is 3.37. The standard InChI is InChI=1S/C15H22O4/c1-5-13(14(16)19-4)15(2,17)10-11-6-8-12(18-3)9-7-11/h6-9,13,17H,5,10H2,1-4H3. The number of carbonyl (C=O) groups excluding carboxylic acids is 1. The molecular formula is C15H22O4. The molecule has 106 valence electrons. The Kier molecular flexibility index (Phi) is 5.36. The number of esters is 1. The van der Waals surface area contributed by atoms with Gasteiger partial charge in [-0.3, -0.25) is 4.79 Å². The molecule has 0 saturated heterocycles. The van der Waals surface area contributed by atoms with Crippen molar-refractivity contribution in [3.8, 4) is 5.75 Å². The second-order valence-corrected chi connectivity index (χ2v) is 4.87. The van der Waals surface area contributed by atoms with E-state index >= 15 is 0 Å². The summed E-state index contributed by atoms with van der Waals surface area (Å²) < 4.78 is 9.83. The minimum absolute atomic E-state index is 0.374. The number of methoxy groups -OCH3 is 2. The van der Waals surface area contributed by atoms with Gasteiger partial charge in [0, 0.05) is 6.42 Å². The number of ether oxygens (including phenoxy) is 2. The second kappa shape index (κ2) is 6.57. The molecule has 1 N–H and O–H groups in total. The molecule has 2 atom stereocenters. The lowest BCUT2D eigenvalue weighted by molar-refractivity contribution is -0.154. The fourth-order valence-electron chi connectivity index (χ4n) is 2.28. The average Bonchev–Trinajstić information content (AvgIpc) is 2.39. The Bertz CT molecular complexity index is 409. The summed E-state index contributed by atoms with van der Waals surface area (Å²) >= 11 is 0. The molecule has 1 rings (SSSR count). The SMILES string of the molecule is CCC(C(=O)OC)C(C)(O)Cc1ccc(OC)cc1. The smallest absolute Gasteiger partial charge is 0.311 e. The molecule has 0 heterocycles. The topological polar surface area (TPSA) is 55.8 Å². The van der Waals surface area contributed by atoms with Crippen molar-refractivity contribution in [2.75, 3.05) is 14.2 Å². The van der Waals surface area contributed by atoms with Crippen LogP contribution in [0.2, 0.25) is 0 Å². The molecule has 19 heavy (non-hydrogen) atoms. The second-order valence-electron chi connectivity index (χ2n) is 4.87. The summed E-state index contributed by atoms with van der Waals surface area (Å²) in [5.74, 6) is -0.135. The van der Waals surface area contributed by atoms with E-state index in [1.807, 2.05) is 31.2 Å². The van der Waals surface area contributed by atoms with Gasteiger partial charge in [0.2, 0.25) is 0 Å². The van der Waals surface area contributed by atoms with Gasteiger partial charge in [0.25, 0.3) is 0 Å². The molecule has 1 aromatic carbocycles. The van der Waals surface area contributed by atoms with Crippen LogP contribution in [0, 0.1) is 5.92 Å². The van der Waals surface area contributed by atoms with Crippen molar-refractivity contribution in [1.29, 1.82) is 0 Å². The minimum Gasteiger partial charge on any atom is -0.497 e. The van der Waals surface area contributed by atoms with Crippen molar-refractivity contribution in [2.24, 2.45) is 5.92 Å². The number of aliphatic hydroxyl groups is 1. The quantitative estimate of drug-likeness (QED) is 0.802. The summed E-state index contributed by atoms with van der Waals surface area (Å²) in [6.07, 6.45) is 0.931. The van der Waals surface area contributed by atoms with Crippen LogP contribution in [0.25, 0.3) is 0 Å². The maximum absolute atomic E-state index is 11.7. The molecular weight excluding hydrogens is 244 g/mol. The van der Waals surface area contributed by atoms with Gasteiger partial charge in [-0.15, -0.1) is 0 Å². The summed E-state index contributed by atoms with van der Waals surface area (Å²) in [5.41, 5.74) is -0.177. The van der Waals surface area contributed by atoms with Crippen LogP contribution in [0.3, 0.4) is 0 Å². The summed E-state index contributed by atoms with van der Waals surface area (Å²) in [7, 11) is 2.95. The maximum Gasteiger partial charge on any atom is 0.311 e. The zero-order valence-corrected chi connectivity index (χ0v) is 12.0. The third kappa shape index (κ3) is 3.96. The monoisotopic (exact) mass is 266 g/mol. The third-order valence-electron chi connectivity index (χ3n) is 3.37.